The summed E-state index contributed by atoms with van der Waals surface area (Å²) in [6, 6.07) is 7.75. The second-order valence-corrected chi connectivity index (χ2v) is 5.92. The highest BCUT2D eigenvalue weighted by atomic mass is 32.2. The molecule has 0 amide bonds. The molecule has 1 N–H and O–H groups in total. The molecule has 1 saturated carbocycles. The molecule has 0 spiro atoms. The maximum atomic E-state index is 12.3. The number of carbonyl (C=O) groups is 1. The van der Waals surface area contributed by atoms with Gasteiger partial charge in [0.1, 0.15) is 0 Å². The number of hydrogen-bond donors (Lipinski definition) is 1. The quantitative estimate of drug-likeness (QED) is 0.644. The molecule has 0 aliphatic heterocycles. The molecule has 2 rings (SSSR count). The molecule has 1 fully saturated rings. The summed E-state index contributed by atoms with van der Waals surface area (Å²) in [5, 5.41) is 9.38. The maximum absolute atomic E-state index is 12.3. The van der Waals surface area contributed by atoms with Crippen LogP contribution in [0.4, 0.5) is 0 Å². The molecule has 0 aromatic heterocycles. The number of ketones is 1. The van der Waals surface area contributed by atoms with Crippen LogP contribution in [0.15, 0.2) is 29.2 Å². The number of thioether (sulfide) groups is 1. The van der Waals surface area contributed by atoms with Crippen LogP contribution in [0, 0.1) is 5.41 Å². The van der Waals surface area contributed by atoms with E-state index in [1.807, 2.05) is 24.3 Å². The monoisotopic (exact) mass is 250 g/mol. The van der Waals surface area contributed by atoms with Crippen LogP contribution in [-0.4, -0.2) is 23.2 Å². The Morgan fingerprint density at radius 1 is 1.35 bits per heavy atom. The van der Waals surface area contributed by atoms with Crippen LogP contribution >= 0.6 is 11.8 Å². The lowest BCUT2D eigenvalue weighted by Gasteiger charge is -2.38. The van der Waals surface area contributed by atoms with Gasteiger partial charge in [-0.2, -0.15) is 0 Å². The third-order valence-corrected chi connectivity index (χ3v) is 4.42. The molecule has 0 saturated heterocycles. The minimum absolute atomic E-state index is 0.0166. The van der Waals surface area contributed by atoms with Crippen molar-refractivity contribution >= 4 is 17.5 Å². The number of aliphatic hydroxyl groups is 1. The van der Waals surface area contributed by atoms with E-state index in [0.29, 0.717) is 0 Å². The third-order valence-electron chi connectivity index (χ3n) is 3.52. The van der Waals surface area contributed by atoms with Crippen molar-refractivity contribution in [3.63, 3.8) is 0 Å². The van der Waals surface area contributed by atoms with Crippen molar-refractivity contribution in [1.82, 2.24) is 0 Å². The van der Waals surface area contributed by atoms with Gasteiger partial charge in [0.2, 0.25) is 0 Å². The predicted molar refractivity (Wildman–Crippen MR) is 70.5 cm³/mol. The molecule has 0 atom stereocenters. The van der Waals surface area contributed by atoms with E-state index in [0.717, 1.165) is 30.6 Å². The van der Waals surface area contributed by atoms with Gasteiger partial charge >= 0.3 is 0 Å². The summed E-state index contributed by atoms with van der Waals surface area (Å²) in [7, 11) is 0. The fourth-order valence-electron chi connectivity index (χ4n) is 2.24. The van der Waals surface area contributed by atoms with E-state index in [1.54, 1.807) is 11.8 Å². The van der Waals surface area contributed by atoms with E-state index < -0.39 is 5.41 Å². The maximum Gasteiger partial charge on any atom is 0.171 e. The first-order valence-electron chi connectivity index (χ1n) is 6.10. The van der Waals surface area contributed by atoms with Gasteiger partial charge in [-0.05, 0) is 30.7 Å². The Hall–Kier alpha value is -0.800. The topological polar surface area (TPSA) is 37.3 Å². The molecule has 1 aliphatic carbocycles. The Morgan fingerprint density at radius 3 is 2.41 bits per heavy atom. The fourth-order valence-corrected chi connectivity index (χ4v) is 2.90. The molecule has 0 heterocycles. The molecular weight excluding hydrogens is 232 g/mol. The van der Waals surface area contributed by atoms with Crippen molar-refractivity contribution in [2.45, 2.75) is 31.1 Å². The summed E-state index contributed by atoms with van der Waals surface area (Å²) < 4.78 is 0. The van der Waals surface area contributed by atoms with Gasteiger partial charge in [0.15, 0.2) is 5.78 Å². The van der Waals surface area contributed by atoms with E-state index in [4.69, 9.17) is 0 Å². The highest BCUT2D eigenvalue weighted by Crippen LogP contribution is 2.43. The van der Waals surface area contributed by atoms with Crippen LogP contribution < -0.4 is 0 Å². The molecule has 1 aromatic carbocycles. The molecule has 17 heavy (non-hydrogen) atoms. The van der Waals surface area contributed by atoms with Crippen molar-refractivity contribution in [3.05, 3.63) is 29.8 Å². The lowest BCUT2D eigenvalue weighted by atomic mass is 9.65. The SMILES string of the molecule is CCSc1ccc(C(=O)C2(CO)CCC2)cc1. The van der Waals surface area contributed by atoms with Gasteiger partial charge in [-0.15, -0.1) is 11.8 Å². The summed E-state index contributed by atoms with van der Waals surface area (Å²) in [4.78, 5) is 13.5. The molecule has 2 nitrogen and oxygen atoms in total. The average molecular weight is 250 g/mol. The second-order valence-electron chi connectivity index (χ2n) is 4.58. The van der Waals surface area contributed by atoms with Crippen molar-refractivity contribution in [3.8, 4) is 0 Å². The van der Waals surface area contributed by atoms with E-state index in [2.05, 4.69) is 6.92 Å². The van der Waals surface area contributed by atoms with Gasteiger partial charge in [0.05, 0.1) is 12.0 Å². The fraction of sp³-hybridized carbons (Fsp3) is 0.500. The van der Waals surface area contributed by atoms with Crippen LogP contribution in [0.25, 0.3) is 0 Å². The summed E-state index contributed by atoms with van der Waals surface area (Å²) in [6.07, 6.45) is 2.71. The van der Waals surface area contributed by atoms with Crippen LogP contribution in [0.5, 0.6) is 0 Å². The second kappa shape index (κ2) is 5.23. The number of rotatable bonds is 5. The molecular formula is C14H18O2S. The van der Waals surface area contributed by atoms with Crippen molar-refractivity contribution in [2.75, 3.05) is 12.4 Å². The van der Waals surface area contributed by atoms with Gasteiger partial charge in [0.25, 0.3) is 0 Å². The Morgan fingerprint density at radius 2 is 2.00 bits per heavy atom. The van der Waals surface area contributed by atoms with Crippen LogP contribution in [-0.2, 0) is 0 Å². The first-order chi connectivity index (χ1) is 8.22. The molecule has 0 radical (unpaired) electrons. The average Bonchev–Trinajstić information content (AvgIpc) is 2.29. The predicted octanol–water partition coefficient (Wildman–Crippen LogP) is 3.14. The molecule has 3 heteroatoms. The zero-order valence-electron chi connectivity index (χ0n) is 10.1. The van der Waals surface area contributed by atoms with Crippen molar-refractivity contribution < 1.29 is 9.90 Å². The van der Waals surface area contributed by atoms with Crippen molar-refractivity contribution in [2.24, 2.45) is 5.41 Å². The molecule has 1 aliphatic rings. The Balaban J connectivity index is 2.14. The minimum Gasteiger partial charge on any atom is -0.395 e. The summed E-state index contributed by atoms with van der Waals surface area (Å²) in [6.45, 7) is 2.09. The van der Waals surface area contributed by atoms with Crippen molar-refractivity contribution in [1.29, 1.82) is 0 Å². The van der Waals surface area contributed by atoms with E-state index in [1.165, 1.54) is 4.90 Å². The lowest BCUT2D eigenvalue weighted by molar-refractivity contribution is 0.0348. The number of aliphatic hydroxyl groups excluding tert-OH is 1. The number of carbonyl (C=O) groups excluding carboxylic acids is 1. The molecule has 0 unspecified atom stereocenters. The van der Waals surface area contributed by atoms with Gasteiger partial charge < -0.3 is 5.11 Å². The summed E-state index contributed by atoms with van der Waals surface area (Å²) in [5.41, 5.74) is 0.263. The van der Waals surface area contributed by atoms with E-state index >= 15 is 0 Å². The number of Topliss-reactive ketones (excluding diaryl/α,β-unsaturated/α-hetero) is 1. The van der Waals surface area contributed by atoms with Gasteiger partial charge in [-0.3, -0.25) is 4.79 Å². The highest BCUT2D eigenvalue weighted by Gasteiger charge is 2.43. The van der Waals surface area contributed by atoms with Gasteiger partial charge in [-0.1, -0.05) is 25.5 Å². The van der Waals surface area contributed by atoms with Crippen LogP contribution in [0.1, 0.15) is 36.5 Å². The zero-order chi connectivity index (χ0) is 12.3. The lowest BCUT2D eigenvalue weighted by Crippen LogP contribution is -2.41. The Labute approximate surface area is 106 Å². The van der Waals surface area contributed by atoms with Crippen LogP contribution in [0.2, 0.25) is 0 Å². The summed E-state index contributed by atoms with van der Waals surface area (Å²) >= 11 is 1.77. The zero-order valence-corrected chi connectivity index (χ0v) is 10.9. The summed E-state index contributed by atoms with van der Waals surface area (Å²) in [5.74, 6) is 1.15. The number of hydrogen-bond acceptors (Lipinski definition) is 3. The first-order valence-corrected chi connectivity index (χ1v) is 7.09. The molecule has 0 bridgehead atoms. The van der Waals surface area contributed by atoms with Gasteiger partial charge in [-0.25, -0.2) is 0 Å². The van der Waals surface area contributed by atoms with E-state index in [-0.39, 0.29) is 12.4 Å². The Bertz CT molecular complexity index is 388. The Kier molecular flexibility index (Phi) is 3.89. The molecule has 1 aromatic rings. The number of benzene rings is 1. The van der Waals surface area contributed by atoms with E-state index in [9.17, 15) is 9.90 Å². The largest absolute Gasteiger partial charge is 0.395 e. The van der Waals surface area contributed by atoms with Gasteiger partial charge in [0, 0.05) is 10.5 Å². The smallest absolute Gasteiger partial charge is 0.171 e. The van der Waals surface area contributed by atoms with Crippen LogP contribution in [0.3, 0.4) is 0 Å². The minimum atomic E-state index is -0.473. The first kappa shape index (κ1) is 12.7. The highest BCUT2D eigenvalue weighted by molar-refractivity contribution is 7.99. The third kappa shape index (κ3) is 2.40. The molecule has 92 valence electrons. The normalized spacial score (nSPS) is 17.5. The standard InChI is InChI=1S/C14H18O2S/c1-2-17-12-6-4-11(5-7-12)13(16)14(10-15)8-3-9-14/h4-7,15H,2-3,8-10H2,1H3.